The van der Waals surface area contributed by atoms with Gasteiger partial charge in [-0.3, -0.25) is 14.2 Å². The van der Waals surface area contributed by atoms with Crippen molar-refractivity contribution in [2.45, 2.75) is 66.1 Å². The number of anilines is 1. The summed E-state index contributed by atoms with van der Waals surface area (Å²) in [5, 5.41) is 3.24. The Labute approximate surface area is 185 Å². The minimum absolute atomic E-state index is 0.357. The maximum absolute atomic E-state index is 13.2. The number of aromatic nitrogens is 4. The highest BCUT2D eigenvalue weighted by molar-refractivity contribution is 6.31. The van der Waals surface area contributed by atoms with Crippen molar-refractivity contribution in [3.05, 3.63) is 56.0 Å². The number of aryl methyl sites for hydroxylation is 3. The Balaban J connectivity index is 2.03. The molecule has 2 heterocycles. The second-order valence-corrected chi connectivity index (χ2v) is 8.09. The zero-order valence-electron chi connectivity index (χ0n) is 18.2. The molecule has 9 heteroatoms. The number of nitrogens with zero attached hydrogens (tertiary/aromatic N) is 4. The summed E-state index contributed by atoms with van der Waals surface area (Å²) in [4.78, 5) is 43.4. The van der Waals surface area contributed by atoms with Gasteiger partial charge >= 0.3 is 5.69 Å². The summed E-state index contributed by atoms with van der Waals surface area (Å²) in [6, 6.07) is 5.16. The van der Waals surface area contributed by atoms with Crippen LogP contribution in [0.25, 0.3) is 11.2 Å². The molecule has 8 nitrogen and oxygen atoms in total. The van der Waals surface area contributed by atoms with Crippen molar-refractivity contribution in [2.75, 3.05) is 5.32 Å². The van der Waals surface area contributed by atoms with Crippen LogP contribution < -0.4 is 16.6 Å². The van der Waals surface area contributed by atoms with Crippen molar-refractivity contribution in [1.82, 2.24) is 18.7 Å². The van der Waals surface area contributed by atoms with Gasteiger partial charge in [-0.2, -0.15) is 0 Å². The maximum Gasteiger partial charge on any atom is 0.333 e. The molecule has 0 aliphatic carbocycles. The fourth-order valence-electron chi connectivity index (χ4n) is 3.46. The molecule has 0 aliphatic rings. The van der Waals surface area contributed by atoms with Gasteiger partial charge in [0.2, 0.25) is 5.91 Å². The molecule has 3 aromatic rings. The number of nitrogens with one attached hydrogen (secondary N) is 1. The van der Waals surface area contributed by atoms with E-state index in [1.807, 2.05) is 13.8 Å². The monoisotopic (exact) mass is 445 g/mol. The first kappa shape index (κ1) is 22.8. The quantitative estimate of drug-likeness (QED) is 0.545. The van der Waals surface area contributed by atoms with E-state index in [2.05, 4.69) is 17.2 Å². The predicted molar refractivity (Wildman–Crippen MR) is 123 cm³/mol. The van der Waals surface area contributed by atoms with Crippen molar-refractivity contribution < 1.29 is 4.79 Å². The molecule has 166 valence electrons. The van der Waals surface area contributed by atoms with Crippen LogP contribution in [0.3, 0.4) is 0 Å². The van der Waals surface area contributed by atoms with Crippen LogP contribution in [-0.4, -0.2) is 24.6 Å². The maximum atomic E-state index is 13.2. The minimum atomic E-state index is -0.523. The zero-order chi connectivity index (χ0) is 22.5. The van der Waals surface area contributed by atoms with Gasteiger partial charge in [0, 0.05) is 23.8 Å². The third kappa shape index (κ3) is 4.90. The number of hydrogen-bond acceptors (Lipinski definition) is 4. The van der Waals surface area contributed by atoms with Gasteiger partial charge in [0.05, 0.1) is 6.33 Å². The van der Waals surface area contributed by atoms with Gasteiger partial charge < -0.3 is 9.88 Å². The van der Waals surface area contributed by atoms with Crippen LogP contribution in [-0.2, 0) is 24.4 Å². The van der Waals surface area contributed by atoms with E-state index in [9.17, 15) is 14.4 Å². The van der Waals surface area contributed by atoms with Crippen molar-refractivity contribution in [1.29, 1.82) is 0 Å². The lowest BCUT2D eigenvalue weighted by atomic mass is 10.2. The molecule has 0 saturated carbocycles. The molecule has 1 amide bonds. The number of rotatable bonds is 9. The number of unbranched alkanes of at least 4 members (excludes halogenated alkanes) is 2. The second kappa shape index (κ2) is 9.96. The molecular formula is C22H28ClN5O3. The number of amides is 1. The summed E-state index contributed by atoms with van der Waals surface area (Å²) in [6.07, 6.45) is 5.10. The Kier molecular flexibility index (Phi) is 7.33. The summed E-state index contributed by atoms with van der Waals surface area (Å²) in [7, 11) is 0. The first-order chi connectivity index (χ1) is 14.9. The van der Waals surface area contributed by atoms with Crippen LogP contribution in [0.15, 0.2) is 34.1 Å². The van der Waals surface area contributed by atoms with Gasteiger partial charge in [0.15, 0.2) is 11.2 Å². The SMILES string of the molecule is CCCCn1cnc2c1c(=O)n(CC(=O)Nc1cc(Cl)ccc1C)c(=O)n2CCCC. The fourth-order valence-corrected chi connectivity index (χ4v) is 3.63. The van der Waals surface area contributed by atoms with E-state index >= 15 is 0 Å². The van der Waals surface area contributed by atoms with Crippen LogP contribution in [0.4, 0.5) is 5.69 Å². The first-order valence-corrected chi connectivity index (χ1v) is 11.0. The second-order valence-electron chi connectivity index (χ2n) is 7.65. The standard InChI is InChI=1S/C22H28ClN5O3/c1-4-6-10-26-14-24-20-19(26)21(30)28(22(31)27(20)11-7-5-2)13-18(29)25-17-12-16(23)9-8-15(17)3/h8-9,12,14H,4-7,10-11,13H2,1-3H3,(H,25,29). The molecule has 0 radical (unpaired) electrons. The summed E-state index contributed by atoms with van der Waals surface area (Å²) >= 11 is 6.02. The lowest BCUT2D eigenvalue weighted by Gasteiger charge is -2.13. The highest BCUT2D eigenvalue weighted by Gasteiger charge is 2.19. The highest BCUT2D eigenvalue weighted by Crippen LogP contribution is 2.20. The van der Waals surface area contributed by atoms with Crippen LogP contribution in [0, 0.1) is 6.92 Å². The lowest BCUT2D eigenvalue weighted by molar-refractivity contribution is -0.116. The van der Waals surface area contributed by atoms with E-state index in [0.717, 1.165) is 35.8 Å². The van der Waals surface area contributed by atoms with Gasteiger partial charge in [0.25, 0.3) is 5.56 Å². The molecular weight excluding hydrogens is 418 g/mol. The normalized spacial score (nSPS) is 11.2. The molecule has 1 N–H and O–H groups in total. The molecule has 0 unspecified atom stereocenters. The molecule has 3 rings (SSSR count). The molecule has 0 aliphatic heterocycles. The number of fused-ring (bicyclic) bond motifs is 1. The van der Waals surface area contributed by atoms with Gasteiger partial charge in [-0.05, 0) is 37.5 Å². The van der Waals surface area contributed by atoms with Gasteiger partial charge in [-0.25, -0.2) is 14.3 Å². The summed E-state index contributed by atoms with van der Waals surface area (Å²) in [6.45, 7) is 6.61. The van der Waals surface area contributed by atoms with Crippen molar-refractivity contribution in [3.63, 3.8) is 0 Å². The number of carbonyl (C=O) groups excluding carboxylic acids is 1. The van der Waals surface area contributed by atoms with E-state index in [0.29, 0.717) is 35.0 Å². The number of halogens is 1. The van der Waals surface area contributed by atoms with Crippen molar-refractivity contribution >= 4 is 34.4 Å². The van der Waals surface area contributed by atoms with Gasteiger partial charge in [-0.1, -0.05) is 44.4 Å². The van der Waals surface area contributed by atoms with Gasteiger partial charge in [0.1, 0.15) is 6.54 Å². The Bertz CT molecular complexity index is 1210. The first-order valence-electron chi connectivity index (χ1n) is 10.6. The van der Waals surface area contributed by atoms with E-state index in [1.54, 1.807) is 29.1 Å². The molecule has 0 atom stereocenters. The Morgan fingerprint density at radius 2 is 1.81 bits per heavy atom. The van der Waals surface area contributed by atoms with Crippen LogP contribution in [0.2, 0.25) is 5.02 Å². The lowest BCUT2D eigenvalue weighted by Crippen LogP contribution is -2.43. The summed E-state index contributed by atoms with van der Waals surface area (Å²) in [5.41, 5.74) is 1.09. The third-order valence-corrected chi connectivity index (χ3v) is 5.48. The topological polar surface area (TPSA) is 90.9 Å². The smallest absolute Gasteiger partial charge is 0.325 e. The number of hydrogen-bond donors (Lipinski definition) is 1. The molecule has 0 fully saturated rings. The predicted octanol–water partition coefficient (Wildman–Crippen LogP) is 3.56. The fraction of sp³-hybridized carbons (Fsp3) is 0.455. The molecule has 31 heavy (non-hydrogen) atoms. The summed E-state index contributed by atoms with van der Waals surface area (Å²) in [5.74, 6) is -0.467. The average Bonchev–Trinajstić information content (AvgIpc) is 3.16. The van der Waals surface area contributed by atoms with E-state index in [1.165, 1.54) is 4.57 Å². The molecule has 1 aromatic carbocycles. The van der Waals surface area contributed by atoms with Crippen LogP contribution in [0.1, 0.15) is 45.1 Å². The van der Waals surface area contributed by atoms with Gasteiger partial charge in [-0.15, -0.1) is 0 Å². The number of carbonyl (C=O) groups is 1. The highest BCUT2D eigenvalue weighted by atomic mass is 35.5. The van der Waals surface area contributed by atoms with Crippen LogP contribution >= 0.6 is 11.6 Å². The van der Waals surface area contributed by atoms with E-state index in [4.69, 9.17) is 11.6 Å². The number of imidazole rings is 1. The largest absolute Gasteiger partial charge is 0.333 e. The number of benzene rings is 1. The Hall–Kier alpha value is -2.87. The minimum Gasteiger partial charge on any atom is -0.325 e. The van der Waals surface area contributed by atoms with Crippen molar-refractivity contribution in [3.8, 4) is 0 Å². The zero-order valence-corrected chi connectivity index (χ0v) is 18.9. The summed E-state index contributed by atoms with van der Waals surface area (Å²) < 4.78 is 4.27. The third-order valence-electron chi connectivity index (χ3n) is 5.25. The molecule has 0 saturated heterocycles. The average molecular weight is 446 g/mol. The van der Waals surface area contributed by atoms with Crippen molar-refractivity contribution in [2.24, 2.45) is 0 Å². The van der Waals surface area contributed by atoms with E-state index < -0.39 is 17.2 Å². The molecule has 2 aromatic heterocycles. The molecule has 0 bridgehead atoms. The molecule has 0 spiro atoms. The van der Waals surface area contributed by atoms with E-state index in [-0.39, 0.29) is 6.54 Å². The van der Waals surface area contributed by atoms with Crippen LogP contribution in [0.5, 0.6) is 0 Å². The Morgan fingerprint density at radius 3 is 2.52 bits per heavy atom. The Morgan fingerprint density at radius 1 is 1.10 bits per heavy atom.